The Bertz CT molecular complexity index is 1040. The maximum atomic E-state index is 9.94. The summed E-state index contributed by atoms with van der Waals surface area (Å²) < 4.78 is 11.1. The van der Waals surface area contributed by atoms with Gasteiger partial charge >= 0.3 is 7.12 Å². The first-order valence-electron chi connectivity index (χ1n) is 10.5. The molecule has 2 aliphatic rings. The lowest BCUT2D eigenvalue weighted by atomic mass is 9.78. The van der Waals surface area contributed by atoms with E-state index in [2.05, 4.69) is 40.5 Å². The Balaban J connectivity index is 1.56. The Morgan fingerprint density at radius 2 is 2.19 bits per heavy atom. The summed E-state index contributed by atoms with van der Waals surface area (Å²) in [6, 6.07) is 7.93. The summed E-state index contributed by atoms with van der Waals surface area (Å²) in [5, 5.41) is 26.0. The summed E-state index contributed by atoms with van der Waals surface area (Å²) in [4.78, 5) is 9.02. The number of hydrogen-bond donors (Lipinski definition) is 3. The van der Waals surface area contributed by atoms with Crippen LogP contribution >= 0.6 is 0 Å². The molecule has 3 N–H and O–H groups in total. The van der Waals surface area contributed by atoms with E-state index in [1.165, 1.54) is 0 Å². The summed E-state index contributed by atoms with van der Waals surface area (Å²) in [5.41, 5.74) is 3.68. The maximum absolute atomic E-state index is 9.94. The summed E-state index contributed by atoms with van der Waals surface area (Å²) >= 11 is 0. The van der Waals surface area contributed by atoms with Crippen molar-refractivity contribution in [2.75, 3.05) is 23.8 Å². The Morgan fingerprint density at radius 3 is 2.97 bits per heavy atom. The SMILES string of the molecule is Cc1cnc(Nc2ccc3c(c2)C(C(C)C)=CB(O)O3)nc1N[C@@H]1COCC[C@H]1C#N. The number of anilines is 3. The monoisotopic (exact) mass is 419 g/mol. The van der Waals surface area contributed by atoms with Crippen LogP contribution in [0, 0.1) is 30.1 Å². The van der Waals surface area contributed by atoms with Crippen LogP contribution in [0.4, 0.5) is 17.5 Å². The number of rotatable bonds is 5. The molecule has 9 heteroatoms. The van der Waals surface area contributed by atoms with Gasteiger partial charge in [0, 0.05) is 29.6 Å². The number of hydrogen-bond acceptors (Lipinski definition) is 8. The van der Waals surface area contributed by atoms with E-state index in [0.717, 1.165) is 22.4 Å². The van der Waals surface area contributed by atoms with Crippen molar-refractivity contribution in [3.8, 4) is 11.8 Å². The van der Waals surface area contributed by atoms with Gasteiger partial charge in [-0.25, -0.2) is 4.98 Å². The number of benzene rings is 1. The molecular formula is C22H26BN5O3. The van der Waals surface area contributed by atoms with Crippen LogP contribution in [0.2, 0.25) is 0 Å². The zero-order valence-corrected chi connectivity index (χ0v) is 17.9. The highest BCUT2D eigenvalue weighted by Crippen LogP contribution is 2.37. The molecule has 0 radical (unpaired) electrons. The topological polar surface area (TPSA) is 112 Å². The lowest BCUT2D eigenvalue weighted by Gasteiger charge is -2.28. The molecule has 0 amide bonds. The Kier molecular flexibility index (Phi) is 6.12. The van der Waals surface area contributed by atoms with E-state index in [1.807, 2.05) is 25.1 Å². The Hall–Kier alpha value is -3.09. The van der Waals surface area contributed by atoms with Gasteiger partial charge in [-0.05, 0) is 49.0 Å². The molecule has 3 heterocycles. The molecule has 0 unspecified atom stereocenters. The van der Waals surface area contributed by atoms with E-state index in [1.54, 1.807) is 12.2 Å². The molecule has 1 fully saturated rings. The third-order valence-corrected chi connectivity index (χ3v) is 5.55. The first kappa shape index (κ1) is 21.2. The number of nitrogens with one attached hydrogen (secondary N) is 2. The zero-order valence-electron chi connectivity index (χ0n) is 17.9. The quantitative estimate of drug-likeness (QED) is 0.633. The smallest absolute Gasteiger partial charge is 0.532 e. The zero-order chi connectivity index (χ0) is 22.0. The standard InChI is InChI=1S/C22H26BN5O3/c1-13(2)18-9-23(29)31-20-5-4-16(8-17(18)20)26-22-25-11-14(3)21(28-22)27-19-12-30-7-6-15(19)10-24/h4-5,8-9,11,13,15,19,29H,6-7,12H2,1-3H3,(H2,25,26,27,28)/t15-,19+/m0/s1. The molecular weight excluding hydrogens is 393 g/mol. The summed E-state index contributed by atoms with van der Waals surface area (Å²) in [7, 11) is -0.932. The highest BCUT2D eigenvalue weighted by Gasteiger charge is 2.27. The molecule has 0 saturated carbocycles. The minimum Gasteiger partial charge on any atom is -0.532 e. The van der Waals surface area contributed by atoms with Crippen molar-refractivity contribution in [3.05, 3.63) is 41.5 Å². The number of aryl methyl sites for hydroxylation is 1. The molecule has 4 rings (SSSR count). The largest absolute Gasteiger partial charge is 0.552 e. The lowest BCUT2D eigenvalue weighted by molar-refractivity contribution is 0.0698. The number of ether oxygens (including phenoxy) is 1. The minimum absolute atomic E-state index is 0.105. The van der Waals surface area contributed by atoms with Crippen LogP contribution in [-0.4, -0.2) is 41.4 Å². The Morgan fingerprint density at radius 1 is 1.35 bits per heavy atom. The van der Waals surface area contributed by atoms with Crippen LogP contribution in [0.15, 0.2) is 30.4 Å². The molecule has 0 bridgehead atoms. The number of aromatic nitrogens is 2. The molecule has 2 atom stereocenters. The van der Waals surface area contributed by atoms with Crippen LogP contribution in [0.25, 0.3) is 5.57 Å². The second kappa shape index (κ2) is 8.96. The van der Waals surface area contributed by atoms with E-state index in [4.69, 9.17) is 9.39 Å². The molecule has 31 heavy (non-hydrogen) atoms. The van der Waals surface area contributed by atoms with Crippen molar-refractivity contribution >= 4 is 30.1 Å². The summed E-state index contributed by atoms with van der Waals surface area (Å²) in [6.07, 6.45) is 2.46. The van der Waals surface area contributed by atoms with Gasteiger partial charge in [0.1, 0.15) is 11.6 Å². The molecule has 0 spiro atoms. The highest BCUT2D eigenvalue weighted by molar-refractivity contribution is 6.52. The predicted octanol–water partition coefficient (Wildman–Crippen LogP) is 3.32. The van der Waals surface area contributed by atoms with Gasteiger partial charge in [-0.1, -0.05) is 13.8 Å². The van der Waals surface area contributed by atoms with E-state index in [9.17, 15) is 10.3 Å². The predicted molar refractivity (Wildman–Crippen MR) is 120 cm³/mol. The van der Waals surface area contributed by atoms with E-state index < -0.39 is 7.12 Å². The second-order valence-electron chi connectivity index (χ2n) is 8.20. The van der Waals surface area contributed by atoms with Crippen LogP contribution in [0.1, 0.15) is 31.4 Å². The van der Waals surface area contributed by atoms with Gasteiger partial charge in [0.15, 0.2) is 0 Å². The number of nitriles is 1. The van der Waals surface area contributed by atoms with E-state index in [0.29, 0.717) is 37.2 Å². The third-order valence-electron chi connectivity index (χ3n) is 5.55. The van der Waals surface area contributed by atoms with Crippen molar-refractivity contribution < 1.29 is 14.4 Å². The molecule has 0 aliphatic carbocycles. The first-order chi connectivity index (χ1) is 14.9. The van der Waals surface area contributed by atoms with Gasteiger partial charge in [0.25, 0.3) is 0 Å². The molecule has 1 aromatic carbocycles. The molecule has 2 aliphatic heterocycles. The van der Waals surface area contributed by atoms with E-state index in [-0.39, 0.29) is 17.9 Å². The Labute approximate surface area is 182 Å². The van der Waals surface area contributed by atoms with Gasteiger partial charge < -0.3 is 25.0 Å². The minimum atomic E-state index is -0.932. The molecule has 1 saturated heterocycles. The molecule has 2 aromatic rings. The molecule has 1 aromatic heterocycles. The fraction of sp³-hybridized carbons (Fsp3) is 0.409. The van der Waals surface area contributed by atoms with Gasteiger partial charge in [-0.2, -0.15) is 10.2 Å². The number of fused-ring (bicyclic) bond motifs is 1. The number of nitrogens with zero attached hydrogens (tertiary/aromatic N) is 3. The van der Waals surface area contributed by atoms with Crippen LogP contribution in [0.5, 0.6) is 5.75 Å². The maximum Gasteiger partial charge on any atom is 0.552 e. The fourth-order valence-corrected chi connectivity index (χ4v) is 3.83. The average Bonchev–Trinajstić information content (AvgIpc) is 2.76. The van der Waals surface area contributed by atoms with Crippen LogP contribution < -0.4 is 15.3 Å². The highest BCUT2D eigenvalue weighted by atomic mass is 16.5. The summed E-state index contributed by atoms with van der Waals surface area (Å²) in [5.74, 6) is 3.64. The fourth-order valence-electron chi connectivity index (χ4n) is 3.83. The molecule has 8 nitrogen and oxygen atoms in total. The second-order valence-corrected chi connectivity index (χ2v) is 8.20. The summed E-state index contributed by atoms with van der Waals surface area (Å²) in [6.45, 7) is 7.18. The molecule has 160 valence electrons. The van der Waals surface area contributed by atoms with Crippen molar-refractivity contribution in [2.45, 2.75) is 33.2 Å². The van der Waals surface area contributed by atoms with Crippen LogP contribution in [0.3, 0.4) is 0 Å². The van der Waals surface area contributed by atoms with Gasteiger partial charge in [-0.3, -0.25) is 0 Å². The first-order valence-corrected chi connectivity index (χ1v) is 10.5. The van der Waals surface area contributed by atoms with Gasteiger partial charge in [0.2, 0.25) is 5.95 Å². The van der Waals surface area contributed by atoms with Crippen molar-refractivity contribution in [1.82, 2.24) is 9.97 Å². The van der Waals surface area contributed by atoms with Gasteiger partial charge in [0.05, 0.1) is 24.6 Å². The van der Waals surface area contributed by atoms with E-state index >= 15 is 0 Å². The lowest BCUT2D eigenvalue weighted by Crippen LogP contribution is -2.38. The third kappa shape index (κ3) is 4.65. The average molecular weight is 419 g/mol. The number of allylic oxidation sites excluding steroid dienone is 1. The van der Waals surface area contributed by atoms with Crippen molar-refractivity contribution in [1.29, 1.82) is 5.26 Å². The van der Waals surface area contributed by atoms with Crippen LogP contribution in [-0.2, 0) is 4.74 Å². The van der Waals surface area contributed by atoms with Crippen molar-refractivity contribution in [2.24, 2.45) is 11.8 Å². The van der Waals surface area contributed by atoms with Gasteiger partial charge in [-0.15, -0.1) is 0 Å². The normalized spacial score (nSPS) is 20.4. The van der Waals surface area contributed by atoms with Crippen molar-refractivity contribution in [3.63, 3.8) is 0 Å².